The highest BCUT2D eigenvalue weighted by Gasteiger charge is 2.57. The van der Waals surface area contributed by atoms with Crippen molar-refractivity contribution >= 4 is 11.8 Å². The molecule has 0 saturated heterocycles. The number of aryl methyl sites for hydroxylation is 1. The van der Waals surface area contributed by atoms with Crippen LogP contribution in [-0.4, -0.2) is 46.2 Å². The van der Waals surface area contributed by atoms with Crippen LogP contribution in [0.5, 0.6) is 5.75 Å². The summed E-state index contributed by atoms with van der Waals surface area (Å²) in [5.41, 5.74) is -0.0651. The van der Waals surface area contributed by atoms with Gasteiger partial charge in [-0.3, -0.25) is 14.6 Å². The van der Waals surface area contributed by atoms with Gasteiger partial charge in [-0.1, -0.05) is 0 Å². The van der Waals surface area contributed by atoms with Gasteiger partial charge in [-0.2, -0.15) is 13.2 Å². The van der Waals surface area contributed by atoms with Crippen molar-refractivity contribution in [3.05, 3.63) is 77.0 Å². The molecule has 1 aliphatic heterocycles. The van der Waals surface area contributed by atoms with Crippen molar-refractivity contribution in [1.29, 1.82) is 0 Å². The first-order valence-electron chi connectivity index (χ1n) is 11.0. The molecule has 0 bridgehead atoms. The number of pyridine rings is 2. The summed E-state index contributed by atoms with van der Waals surface area (Å²) in [4.78, 5) is 32.8. The van der Waals surface area contributed by atoms with Crippen molar-refractivity contribution < 1.29 is 37.0 Å². The zero-order chi connectivity index (χ0) is 27.2. The maximum atomic E-state index is 14.4. The minimum atomic E-state index is -5.31. The van der Waals surface area contributed by atoms with Crippen LogP contribution in [0.3, 0.4) is 0 Å². The van der Waals surface area contributed by atoms with E-state index in [0.29, 0.717) is 5.69 Å². The molecule has 0 unspecified atom stereocenters. The number of halogens is 4. The fourth-order valence-electron chi connectivity index (χ4n) is 3.94. The average Bonchev–Trinajstić information content (AvgIpc) is 3.19. The number of alkyl halides is 3. The molecule has 37 heavy (non-hydrogen) atoms. The second-order valence-electron chi connectivity index (χ2n) is 8.95. The molecular weight excluding hydrogens is 496 g/mol. The van der Waals surface area contributed by atoms with E-state index in [0.717, 1.165) is 18.2 Å². The van der Waals surface area contributed by atoms with E-state index in [-0.39, 0.29) is 34.7 Å². The van der Waals surface area contributed by atoms with Crippen molar-refractivity contribution in [3.63, 3.8) is 0 Å². The summed E-state index contributed by atoms with van der Waals surface area (Å²) in [5.74, 6) is -2.36. The Morgan fingerprint density at radius 3 is 2.46 bits per heavy atom. The van der Waals surface area contributed by atoms with Gasteiger partial charge in [-0.25, -0.2) is 9.37 Å². The van der Waals surface area contributed by atoms with Crippen LogP contribution in [0, 0.1) is 12.7 Å². The number of benzene rings is 1. The van der Waals surface area contributed by atoms with Gasteiger partial charge < -0.3 is 20.9 Å². The molecule has 194 valence electrons. The van der Waals surface area contributed by atoms with Gasteiger partial charge in [0, 0.05) is 28.6 Å². The van der Waals surface area contributed by atoms with Crippen LogP contribution in [-0.2, 0) is 15.8 Å². The predicted molar refractivity (Wildman–Crippen MR) is 123 cm³/mol. The number of ether oxygens (including phenoxy) is 1. The number of nitrogens with one attached hydrogen (secondary N) is 1. The van der Waals surface area contributed by atoms with Crippen LogP contribution in [0.15, 0.2) is 48.7 Å². The number of rotatable bonds is 6. The first-order valence-corrected chi connectivity index (χ1v) is 11.0. The van der Waals surface area contributed by atoms with Gasteiger partial charge in [-0.05, 0) is 56.3 Å². The molecule has 0 spiro atoms. The maximum Gasteiger partial charge on any atom is 0.424 e. The first-order chi connectivity index (χ1) is 17.3. The van der Waals surface area contributed by atoms with E-state index in [4.69, 9.17) is 10.5 Å². The number of nitrogens with two attached hydrogens (primary N) is 1. The molecule has 0 fully saturated rings. The Kier molecular flexibility index (Phi) is 6.40. The van der Waals surface area contributed by atoms with Crippen LogP contribution < -0.4 is 15.8 Å². The van der Waals surface area contributed by atoms with Crippen molar-refractivity contribution in [2.24, 2.45) is 5.73 Å². The number of carbonyl (C=O) groups excluding carboxylic acids is 2. The lowest BCUT2D eigenvalue weighted by Gasteiger charge is -2.31. The molecular formula is C25H22F4N4O4. The number of aromatic nitrogens is 2. The molecule has 2 aromatic heterocycles. The van der Waals surface area contributed by atoms with Gasteiger partial charge in [-0.15, -0.1) is 0 Å². The summed E-state index contributed by atoms with van der Waals surface area (Å²) < 4.78 is 62.3. The van der Waals surface area contributed by atoms with Gasteiger partial charge >= 0.3 is 6.18 Å². The maximum absolute atomic E-state index is 14.4. The van der Waals surface area contributed by atoms with Crippen LogP contribution >= 0.6 is 0 Å². The average molecular weight is 518 g/mol. The third-order valence-electron chi connectivity index (χ3n) is 6.29. The third-order valence-corrected chi connectivity index (χ3v) is 6.29. The Labute approximate surface area is 208 Å². The van der Waals surface area contributed by atoms with Crippen LogP contribution in [0.2, 0.25) is 0 Å². The summed E-state index contributed by atoms with van der Waals surface area (Å²) in [6.45, 7) is 1.42. The lowest BCUT2D eigenvalue weighted by molar-refractivity contribution is -0.265. The van der Waals surface area contributed by atoms with Crippen molar-refractivity contribution in [2.75, 3.05) is 13.2 Å². The largest absolute Gasteiger partial charge is 0.489 e. The molecule has 3 heterocycles. The standard InChI is InChI=1S/C25H22F4N4O4/c1-13-9-15(7-8-31-13)21(34)32-11-24(36,25(27,28)29)18-10-17-20(37-12-23(17,2)22(30)35)19(33-18)14-3-5-16(26)6-4-14/h3-10,36H,11-12H2,1-2H3,(H2,30,35)(H,32,34)/t23-,24-/m0/s1. The van der Waals surface area contributed by atoms with Crippen LogP contribution in [0.4, 0.5) is 17.6 Å². The van der Waals surface area contributed by atoms with E-state index in [1.165, 1.54) is 37.4 Å². The minimum absolute atomic E-state index is 0.0162. The number of hydrogen-bond acceptors (Lipinski definition) is 6. The lowest BCUT2D eigenvalue weighted by Crippen LogP contribution is -2.51. The van der Waals surface area contributed by atoms with Gasteiger partial charge in [0.05, 0.1) is 12.2 Å². The summed E-state index contributed by atoms with van der Waals surface area (Å²) >= 11 is 0. The fraction of sp³-hybridized carbons (Fsp3) is 0.280. The smallest absolute Gasteiger partial charge is 0.424 e. The Hall–Kier alpha value is -4.06. The van der Waals surface area contributed by atoms with Gasteiger partial charge in [0.1, 0.15) is 29.3 Å². The third kappa shape index (κ3) is 4.59. The molecule has 2 amide bonds. The van der Waals surface area contributed by atoms with Crippen molar-refractivity contribution in [1.82, 2.24) is 15.3 Å². The summed E-state index contributed by atoms with van der Waals surface area (Å²) in [5, 5.41) is 13.1. The summed E-state index contributed by atoms with van der Waals surface area (Å²) in [6, 6.07) is 8.27. The molecule has 1 aliphatic rings. The molecule has 0 saturated carbocycles. The number of hydrogen-bond donors (Lipinski definition) is 3. The molecule has 2 atom stereocenters. The summed E-state index contributed by atoms with van der Waals surface area (Å²) in [6.07, 6.45) is -3.99. The molecule has 1 aromatic carbocycles. The SMILES string of the molecule is Cc1cc(C(=O)NC[C@](O)(c2cc3c(c(-c4ccc(F)cc4)n2)OC[C@]3(C)C(N)=O)C(F)(F)F)ccn1. The first kappa shape index (κ1) is 26.0. The molecule has 4 N–H and O–H groups in total. The second kappa shape index (κ2) is 9.11. The molecule has 4 rings (SSSR count). The van der Waals surface area contributed by atoms with Crippen molar-refractivity contribution in [2.45, 2.75) is 31.0 Å². The quantitative estimate of drug-likeness (QED) is 0.431. The normalized spacial score (nSPS) is 18.5. The lowest BCUT2D eigenvalue weighted by atomic mass is 9.81. The van der Waals surface area contributed by atoms with E-state index in [1.807, 2.05) is 0 Å². The van der Waals surface area contributed by atoms with E-state index in [9.17, 15) is 32.3 Å². The Balaban J connectivity index is 1.85. The monoisotopic (exact) mass is 518 g/mol. The number of amides is 2. The molecule has 0 aliphatic carbocycles. The molecule has 12 heteroatoms. The van der Waals surface area contributed by atoms with E-state index < -0.39 is 47.1 Å². The minimum Gasteiger partial charge on any atom is -0.489 e. The molecule has 8 nitrogen and oxygen atoms in total. The highest BCUT2D eigenvalue weighted by Crippen LogP contribution is 2.47. The van der Waals surface area contributed by atoms with Gasteiger partial charge in [0.25, 0.3) is 5.91 Å². The number of nitrogens with zero attached hydrogens (tertiary/aromatic N) is 2. The van der Waals surface area contributed by atoms with Gasteiger partial charge in [0.2, 0.25) is 11.5 Å². The van der Waals surface area contributed by atoms with Crippen LogP contribution in [0.25, 0.3) is 11.3 Å². The Morgan fingerprint density at radius 1 is 1.19 bits per heavy atom. The second-order valence-corrected chi connectivity index (χ2v) is 8.95. The molecule has 0 radical (unpaired) electrons. The number of primary amides is 1. The van der Waals surface area contributed by atoms with E-state index >= 15 is 0 Å². The highest BCUT2D eigenvalue weighted by molar-refractivity contribution is 5.94. The number of fused-ring (bicyclic) bond motifs is 1. The molecule has 3 aromatic rings. The highest BCUT2D eigenvalue weighted by atomic mass is 19.4. The predicted octanol–water partition coefficient (Wildman–Crippen LogP) is 2.91. The van der Waals surface area contributed by atoms with Crippen LogP contribution in [0.1, 0.15) is 34.2 Å². The Bertz CT molecular complexity index is 1380. The number of aliphatic hydroxyl groups is 1. The summed E-state index contributed by atoms with van der Waals surface area (Å²) in [7, 11) is 0. The van der Waals surface area contributed by atoms with Gasteiger partial charge in [0.15, 0.2) is 0 Å². The number of carbonyl (C=O) groups is 2. The van der Waals surface area contributed by atoms with E-state index in [2.05, 4.69) is 15.3 Å². The topological polar surface area (TPSA) is 127 Å². The van der Waals surface area contributed by atoms with E-state index in [1.54, 1.807) is 6.92 Å². The van der Waals surface area contributed by atoms with Crippen molar-refractivity contribution in [3.8, 4) is 17.0 Å². The fourth-order valence-corrected chi connectivity index (χ4v) is 3.94. The Morgan fingerprint density at radius 2 is 1.86 bits per heavy atom. The zero-order valence-corrected chi connectivity index (χ0v) is 19.7. The zero-order valence-electron chi connectivity index (χ0n) is 19.7.